The molecule has 0 N–H and O–H groups in total. The minimum absolute atomic E-state index is 0.0123. The van der Waals surface area contributed by atoms with Crippen molar-refractivity contribution < 1.29 is 31.5 Å². The first-order valence-electron chi connectivity index (χ1n) is 19.7. The molecule has 54 heavy (non-hydrogen) atoms. The highest BCUT2D eigenvalue weighted by atomic mass is 32.2. The molecule has 10 nitrogen and oxygen atoms in total. The molecule has 6 atom stereocenters. The van der Waals surface area contributed by atoms with E-state index in [-0.39, 0.29) is 35.9 Å². The van der Waals surface area contributed by atoms with E-state index in [0.29, 0.717) is 18.7 Å². The van der Waals surface area contributed by atoms with Crippen LogP contribution in [0.5, 0.6) is 11.5 Å². The molecule has 0 spiro atoms. The third kappa shape index (κ3) is 9.49. The summed E-state index contributed by atoms with van der Waals surface area (Å²) in [5.41, 5.74) is 6.28. The fourth-order valence-corrected chi connectivity index (χ4v) is 9.78. The van der Waals surface area contributed by atoms with Crippen LogP contribution in [-0.4, -0.2) is 127 Å². The number of ether oxygens (including phenoxy) is 4. The van der Waals surface area contributed by atoms with E-state index in [4.69, 9.17) is 23.1 Å². The molecule has 2 heterocycles. The lowest BCUT2D eigenvalue weighted by Crippen LogP contribution is -2.59. The summed E-state index contributed by atoms with van der Waals surface area (Å²) in [7, 11) is 3.89. The number of rotatable bonds is 12. The molecule has 0 aromatic heterocycles. The van der Waals surface area contributed by atoms with Gasteiger partial charge in [-0.3, -0.25) is 14.0 Å². The van der Waals surface area contributed by atoms with Crippen LogP contribution in [0.2, 0.25) is 0 Å². The Hall–Kier alpha value is -3.03. The predicted molar refractivity (Wildman–Crippen MR) is 212 cm³/mol. The number of nitrogens with zero attached hydrogens (tertiary/aromatic N) is 3. The fourth-order valence-electron chi connectivity index (χ4n) is 8.85. The third-order valence-corrected chi connectivity index (χ3v) is 12.6. The quantitative estimate of drug-likeness (QED) is 0.219. The van der Waals surface area contributed by atoms with Crippen LogP contribution in [0.1, 0.15) is 54.5 Å². The number of morpholine rings is 2. The highest BCUT2D eigenvalue weighted by molar-refractivity contribution is 7.86. The number of fused-ring (bicyclic) bond motifs is 4. The molecule has 7 rings (SSSR count). The van der Waals surface area contributed by atoms with Gasteiger partial charge in [0.1, 0.15) is 11.5 Å². The Balaban J connectivity index is 0.000000193. The number of methoxy groups -OCH3 is 2. The van der Waals surface area contributed by atoms with E-state index < -0.39 is 10.1 Å². The van der Waals surface area contributed by atoms with Crippen LogP contribution >= 0.6 is 0 Å². The zero-order valence-electron chi connectivity index (χ0n) is 33.3. The molecule has 2 fully saturated rings. The summed E-state index contributed by atoms with van der Waals surface area (Å²) in [4.78, 5) is 7.49. The van der Waals surface area contributed by atoms with Crippen molar-refractivity contribution in [1.29, 1.82) is 0 Å². The van der Waals surface area contributed by atoms with Gasteiger partial charge in [-0.15, -0.1) is 0 Å². The Bertz CT molecular complexity index is 1790. The van der Waals surface area contributed by atoms with E-state index in [1.807, 2.05) is 19.1 Å². The Morgan fingerprint density at radius 2 is 1.22 bits per heavy atom. The van der Waals surface area contributed by atoms with Crippen molar-refractivity contribution in [2.75, 3.05) is 67.6 Å². The number of likely N-dealkylation sites (N-methyl/N-ethyl adjacent to an activating group) is 1. The fraction of sp³-hybridized carbons (Fsp3) is 0.581. The van der Waals surface area contributed by atoms with Crippen LogP contribution < -0.4 is 9.47 Å². The van der Waals surface area contributed by atoms with Gasteiger partial charge in [0.2, 0.25) is 0 Å². The van der Waals surface area contributed by atoms with Crippen LogP contribution in [-0.2, 0) is 49.5 Å². The normalized spacial score (nSPS) is 25.4. The summed E-state index contributed by atoms with van der Waals surface area (Å²) in [6, 6.07) is 20.1. The Labute approximate surface area is 323 Å². The second-order valence-corrected chi connectivity index (χ2v) is 17.2. The maximum absolute atomic E-state index is 12.6. The average Bonchev–Trinajstić information content (AvgIpc) is 3.15. The lowest BCUT2D eigenvalue weighted by molar-refractivity contribution is -0.132. The maximum atomic E-state index is 12.6. The first-order chi connectivity index (χ1) is 26.0. The zero-order chi connectivity index (χ0) is 38.4. The molecule has 0 amide bonds. The molecule has 4 aliphatic rings. The standard InChI is InChI=1S/C24H31NO5S.C19H30N2O2/c1-4-12-25-15-19(16-29-31(26,27)20-10-8-17(2)9-11-20)30-24-14-21-18(13-22(24)25)6-5-7-23(21)28-3;1-5-9-21-13-15(12-20(2)3)23-19-11-16-14(10-17(19)21)7-6-8-18(16)22-4/h5-11,19,22,24H,4,12-16H2,1-3H3;6-8,15,17,19H,5,9-13H2,1-4H3/t19-,22-,24-;15-,17+,19+/m10/s1. The summed E-state index contributed by atoms with van der Waals surface area (Å²) in [5.74, 6) is 1.91. The summed E-state index contributed by atoms with van der Waals surface area (Å²) >= 11 is 0. The summed E-state index contributed by atoms with van der Waals surface area (Å²) in [5, 5.41) is 0. The molecule has 2 saturated heterocycles. The van der Waals surface area contributed by atoms with Gasteiger partial charge >= 0.3 is 0 Å². The second-order valence-electron chi connectivity index (χ2n) is 15.5. The summed E-state index contributed by atoms with van der Waals surface area (Å²) in [6.45, 7) is 11.2. The first-order valence-corrected chi connectivity index (χ1v) is 21.1. The molecular formula is C43H61N3O7S. The van der Waals surface area contributed by atoms with Gasteiger partial charge in [0.15, 0.2) is 0 Å². The van der Waals surface area contributed by atoms with E-state index in [1.54, 1.807) is 38.5 Å². The Morgan fingerprint density at radius 1 is 0.722 bits per heavy atom. The average molecular weight is 764 g/mol. The molecule has 2 aliphatic carbocycles. The minimum Gasteiger partial charge on any atom is -0.496 e. The molecule has 0 bridgehead atoms. The van der Waals surface area contributed by atoms with Gasteiger partial charge in [-0.1, -0.05) is 55.8 Å². The number of hydrogen-bond acceptors (Lipinski definition) is 10. The van der Waals surface area contributed by atoms with Crippen LogP contribution in [0.3, 0.4) is 0 Å². The van der Waals surface area contributed by atoms with Crippen molar-refractivity contribution in [1.82, 2.24) is 14.7 Å². The predicted octanol–water partition coefficient (Wildman–Crippen LogP) is 5.56. The van der Waals surface area contributed by atoms with E-state index in [9.17, 15) is 8.42 Å². The molecular weight excluding hydrogens is 703 g/mol. The SMILES string of the molecule is CCCN1C[C@H](CN(C)C)O[C@@H]2Cc3c(cccc3OC)C[C@H]21.CCCN1C[C@H](COS(=O)(=O)c2ccc(C)cc2)O[C@@H]2Cc3c(cccc3OC)C[C@H]21. The monoisotopic (exact) mass is 763 g/mol. The number of hydrogen-bond donors (Lipinski definition) is 0. The van der Waals surface area contributed by atoms with Gasteiger partial charge in [0.05, 0.1) is 50.1 Å². The lowest BCUT2D eigenvalue weighted by Gasteiger charge is -2.48. The number of benzene rings is 3. The van der Waals surface area contributed by atoms with Crippen LogP contribution in [0.25, 0.3) is 0 Å². The molecule has 2 aliphatic heterocycles. The van der Waals surface area contributed by atoms with E-state index >= 15 is 0 Å². The van der Waals surface area contributed by atoms with E-state index in [2.05, 4.69) is 66.9 Å². The van der Waals surface area contributed by atoms with Crippen molar-refractivity contribution in [3.8, 4) is 11.5 Å². The van der Waals surface area contributed by atoms with Crippen LogP contribution in [0, 0.1) is 6.92 Å². The molecule has 11 heteroatoms. The molecule has 0 unspecified atom stereocenters. The Kier molecular flexibility index (Phi) is 13.8. The van der Waals surface area contributed by atoms with E-state index in [0.717, 1.165) is 75.3 Å². The van der Waals surface area contributed by atoms with Crippen LogP contribution in [0.15, 0.2) is 65.6 Å². The van der Waals surface area contributed by atoms with Gasteiger partial charge in [0.25, 0.3) is 10.1 Å². The molecule has 3 aromatic rings. The van der Waals surface area contributed by atoms with E-state index in [1.165, 1.54) is 28.7 Å². The van der Waals surface area contributed by atoms with Gasteiger partial charge in [-0.2, -0.15) is 8.42 Å². The maximum Gasteiger partial charge on any atom is 0.297 e. The van der Waals surface area contributed by atoms with Crippen LogP contribution in [0.4, 0.5) is 0 Å². The summed E-state index contributed by atoms with van der Waals surface area (Å²) < 4.78 is 54.7. The number of aryl methyl sites for hydroxylation is 1. The minimum atomic E-state index is -3.81. The molecule has 296 valence electrons. The van der Waals surface area contributed by atoms with Crippen molar-refractivity contribution in [3.63, 3.8) is 0 Å². The van der Waals surface area contributed by atoms with Crippen molar-refractivity contribution in [3.05, 3.63) is 88.5 Å². The lowest BCUT2D eigenvalue weighted by atomic mass is 9.83. The highest BCUT2D eigenvalue weighted by Gasteiger charge is 2.42. The van der Waals surface area contributed by atoms with Crippen molar-refractivity contribution >= 4 is 10.1 Å². The van der Waals surface area contributed by atoms with Gasteiger partial charge in [-0.25, -0.2) is 0 Å². The summed E-state index contributed by atoms with van der Waals surface area (Å²) in [6.07, 6.45) is 6.20. The highest BCUT2D eigenvalue weighted by Crippen LogP contribution is 2.37. The molecule has 3 aromatic carbocycles. The topological polar surface area (TPSA) is 90.0 Å². The largest absolute Gasteiger partial charge is 0.496 e. The zero-order valence-corrected chi connectivity index (χ0v) is 34.1. The smallest absolute Gasteiger partial charge is 0.297 e. The third-order valence-electron chi connectivity index (χ3n) is 11.3. The van der Waals surface area contributed by atoms with Crippen molar-refractivity contribution in [2.24, 2.45) is 0 Å². The van der Waals surface area contributed by atoms with Gasteiger partial charge in [-0.05, 0) is 106 Å². The van der Waals surface area contributed by atoms with Gasteiger partial charge in [0, 0.05) is 44.6 Å². The molecule has 0 saturated carbocycles. The first kappa shape index (κ1) is 40.6. The van der Waals surface area contributed by atoms with Gasteiger partial charge < -0.3 is 23.8 Å². The van der Waals surface area contributed by atoms with Crippen molar-refractivity contribution in [2.45, 2.75) is 101 Å². The molecule has 0 radical (unpaired) electrons. The Morgan fingerprint density at radius 3 is 1.70 bits per heavy atom. The second kappa shape index (κ2) is 18.3.